The fourth-order valence-corrected chi connectivity index (χ4v) is 0.958. The van der Waals surface area contributed by atoms with Crippen molar-refractivity contribution in [1.82, 2.24) is 0 Å². The van der Waals surface area contributed by atoms with Crippen LogP contribution < -0.4 is 4.74 Å². The number of halogens is 1. The maximum Gasteiger partial charge on any atom is 0.144 e. The summed E-state index contributed by atoms with van der Waals surface area (Å²) in [6.45, 7) is 2.20. The molecule has 0 aromatic heterocycles. The minimum atomic E-state index is -0.569. The summed E-state index contributed by atoms with van der Waals surface area (Å²) in [5.74, 6) is -0.171. The van der Waals surface area contributed by atoms with Gasteiger partial charge in [0.05, 0.1) is 11.7 Å². The van der Waals surface area contributed by atoms with Crippen molar-refractivity contribution in [3.8, 4) is 11.8 Å². The van der Waals surface area contributed by atoms with Gasteiger partial charge in [0, 0.05) is 13.2 Å². The summed E-state index contributed by atoms with van der Waals surface area (Å²) in [6, 6.07) is 5.89. The van der Waals surface area contributed by atoms with Crippen LogP contribution in [0.25, 0.3) is 0 Å². The molecule has 0 saturated heterocycles. The van der Waals surface area contributed by atoms with E-state index in [2.05, 4.69) is 0 Å². The van der Waals surface area contributed by atoms with E-state index in [4.69, 9.17) is 14.7 Å². The Labute approximate surface area is 88.0 Å². The first-order valence-electron chi connectivity index (χ1n) is 4.52. The Balaban J connectivity index is 2.64. The van der Waals surface area contributed by atoms with Crippen LogP contribution in [0.4, 0.5) is 4.39 Å². The number of benzene rings is 1. The molecule has 0 amide bonds. The van der Waals surface area contributed by atoms with E-state index in [9.17, 15) is 4.39 Å². The molecule has 80 valence electrons. The van der Waals surface area contributed by atoms with Crippen LogP contribution in [0.15, 0.2) is 18.2 Å². The van der Waals surface area contributed by atoms with Crippen molar-refractivity contribution >= 4 is 0 Å². The Hall–Kier alpha value is -1.60. The first-order chi connectivity index (χ1) is 7.17. The largest absolute Gasteiger partial charge is 0.491 e. The predicted molar refractivity (Wildman–Crippen MR) is 53.1 cm³/mol. The van der Waals surface area contributed by atoms with E-state index in [0.717, 1.165) is 0 Å². The van der Waals surface area contributed by atoms with Crippen LogP contribution in [0.1, 0.15) is 12.5 Å². The molecule has 0 fully saturated rings. The predicted octanol–water partition coefficient (Wildman–Crippen LogP) is 2.11. The average molecular weight is 209 g/mol. The van der Waals surface area contributed by atoms with Gasteiger partial charge < -0.3 is 9.47 Å². The van der Waals surface area contributed by atoms with Gasteiger partial charge in [-0.2, -0.15) is 5.26 Å². The van der Waals surface area contributed by atoms with Crippen molar-refractivity contribution in [3.05, 3.63) is 29.6 Å². The van der Waals surface area contributed by atoms with Gasteiger partial charge in [-0.05, 0) is 19.1 Å². The van der Waals surface area contributed by atoms with Gasteiger partial charge in [-0.3, -0.25) is 0 Å². The average Bonchev–Trinajstić information content (AvgIpc) is 2.26. The molecule has 1 unspecified atom stereocenters. The molecule has 0 aliphatic rings. The smallest absolute Gasteiger partial charge is 0.144 e. The highest BCUT2D eigenvalue weighted by molar-refractivity contribution is 5.36. The van der Waals surface area contributed by atoms with Gasteiger partial charge in [-0.1, -0.05) is 0 Å². The van der Waals surface area contributed by atoms with Crippen LogP contribution in [0.5, 0.6) is 5.75 Å². The number of nitrogens with zero attached hydrogens (tertiary/aromatic N) is 1. The van der Waals surface area contributed by atoms with E-state index in [1.165, 1.54) is 12.1 Å². The Morgan fingerprint density at radius 3 is 2.80 bits per heavy atom. The van der Waals surface area contributed by atoms with Crippen molar-refractivity contribution in [1.29, 1.82) is 5.26 Å². The highest BCUT2D eigenvalue weighted by Gasteiger charge is 2.05. The maximum absolute atomic E-state index is 13.1. The fourth-order valence-electron chi connectivity index (χ4n) is 0.958. The van der Waals surface area contributed by atoms with Crippen molar-refractivity contribution in [2.45, 2.75) is 13.0 Å². The molecule has 0 N–H and O–H groups in total. The highest BCUT2D eigenvalue weighted by atomic mass is 19.1. The molecular weight excluding hydrogens is 197 g/mol. The van der Waals surface area contributed by atoms with Gasteiger partial charge in [-0.15, -0.1) is 0 Å². The zero-order valence-corrected chi connectivity index (χ0v) is 8.66. The molecule has 1 atom stereocenters. The standard InChI is InChI=1S/C11H12FNO2/c1-8(14-2)7-15-10-4-3-9(6-13)11(12)5-10/h3-5,8H,7H2,1-2H3. The summed E-state index contributed by atoms with van der Waals surface area (Å²) in [5, 5.41) is 8.51. The molecular formula is C11H12FNO2. The number of hydrogen-bond acceptors (Lipinski definition) is 3. The SMILES string of the molecule is COC(C)COc1ccc(C#N)c(F)c1. The second kappa shape index (κ2) is 5.32. The Morgan fingerprint density at radius 2 is 2.27 bits per heavy atom. The van der Waals surface area contributed by atoms with Gasteiger partial charge in [0.15, 0.2) is 0 Å². The second-order valence-corrected chi connectivity index (χ2v) is 3.11. The van der Waals surface area contributed by atoms with E-state index in [1.54, 1.807) is 19.2 Å². The first kappa shape index (κ1) is 11.5. The van der Waals surface area contributed by atoms with Gasteiger partial charge in [0.2, 0.25) is 0 Å². The third-order valence-electron chi connectivity index (χ3n) is 1.95. The lowest BCUT2D eigenvalue weighted by Crippen LogP contribution is -2.15. The normalized spacial score (nSPS) is 11.9. The van der Waals surface area contributed by atoms with E-state index >= 15 is 0 Å². The lowest BCUT2D eigenvalue weighted by atomic mass is 10.2. The number of nitriles is 1. The Morgan fingerprint density at radius 1 is 1.53 bits per heavy atom. The van der Waals surface area contributed by atoms with Crippen LogP contribution in [-0.2, 0) is 4.74 Å². The highest BCUT2D eigenvalue weighted by Crippen LogP contribution is 2.16. The number of ether oxygens (including phenoxy) is 2. The van der Waals surface area contributed by atoms with Gasteiger partial charge >= 0.3 is 0 Å². The zero-order chi connectivity index (χ0) is 11.3. The van der Waals surface area contributed by atoms with E-state index in [1.807, 2.05) is 6.92 Å². The zero-order valence-electron chi connectivity index (χ0n) is 8.66. The van der Waals surface area contributed by atoms with Gasteiger partial charge in [-0.25, -0.2) is 4.39 Å². The summed E-state index contributed by atoms with van der Waals surface area (Å²) >= 11 is 0. The van der Waals surface area contributed by atoms with Crippen LogP contribution in [0.3, 0.4) is 0 Å². The van der Waals surface area contributed by atoms with Crippen LogP contribution in [-0.4, -0.2) is 19.8 Å². The number of rotatable bonds is 4. The molecule has 1 rings (SSSR count). The summed E-state index contributed by atoms with van der Waals surface area (Å²) in [7, 11) is 1.58. The van der Waals surface area contributed by atoms with Gasteiger partial charge in [0.25, 0.3) is 0 Å². The van der Waals surface area contributed by atoms with E-state index in [0.29, 0.717) is 12.4 Å². The van der Waals surface area contributed by atoms with Crippen LogP contribution in [0, 0.1) is 17.1 Å². The van der Waals surface area contributed by atoms with Crippen molar-refractivity contribution in [2.24, 2.45) is 0 Å². The lowest BCUT2D eigenvalue weighted by Gasteiger charge is -2.11. The second-order valence-electron chi connectivity index (χ2n) is 3.11. The molecule has 1 aromatic rings. The molecule has 0 aliphatic carbocycles. The van der Waals surface area contributed by atoms with Crippen molar-refractivity contribution in [2.75, 3.05) is 13.7 Å². The van der Waals surface area contributed by atoms with Crippen LogP contribution >= 0.6 is 0 Å². The Kier molecular flexibility index (Phi) is 4.07. The van der Waals surface area contributed by atoms with E-state index in [-0.39, 0.29) is 11.7 Å². The summed E-state index contributed by atoms with van der Waals surface area (Å²) in [5.41, 5.74) is 0.0159. The monoisotopic (exact) mass is 209 g/mol. The Bertz CT molecular complexity index is 373. The van der Waals surface area contributed by atoms with Crippen molar-refractivity contribution in [3.63, 3.8) is 0 Å². The minimum absolute atomic E-state index is 0.0159. The lowest BCUT2D eigenvalue weighted by molar-refractivity contribution is 0.0715. The maximum atomic E-state index is 13.1. The third-order valence-corrected chi connectivity index (χ3v) is 1.95. The third kappa shape index (κ3) is 3.22. The molecule has 0 saturated carbocycles. The summed E-state index contributed by atoms with van der Waals surface area (Å²) in [6.07, 6.45) is -0.0521. The van der Waals surface area contributed by atoms with Crippen molar-refractivity contribution < 1.29 is 13.9 Å². The number of hydrogen-bond donors (Lipinski definition) is 0. The molecule has 0 heterocycles. The first-order valence-corrected chi connectivity index (χ1v) is 4.52. The molecule has 0 bridgehead atoms. The molecule has 0 spiro atoms. The summed E-state index contributed by atoms with van der Waals surface area (Å²) in [4.78, 5) is 0. The summed E-state index contributed by atoms with van der Waals surface area (Å²) < 4.78 is 23.4. The van der Waals surface area contributed by atoms with Crippen LogP contribution in [0.2, 0.25) is 0 Å². The molecule has 4 heteroatoms. The fraction of sp³-hybridized carbons (Fsp3) is 0.364. The number of methoxy groups -OCH3 is 1. The van der Waals surface area contributed by atoms with E-state index < -0.39 is 5.82 Å². The van der Waals surface area contributed by atoms with Gasteiger partial charge in [0.1, 0.15) is 24.2 Å². The molecule has 0 radical (unpaired) electrons. The topological polar surface area (TPSA) is 42.2 Å². The molecule has 3 nitrogen and oxygen atoms in total. The molecule has 0 aliphatic heterocycles. The molecule has 1 aromatic carbocycles. The molecule has 15 heavy (non-hydrogen) atoms. The quantitative estimate of drug-likeness (QED) is 0.762. The minimum Gasteiger partial charge on any atom is -0.491 e.